The van der Waals surface area contributed by atoms with Crippen LogP contribution in [0.2, 0.25) is 0 Å². The molecule has 1 aromatic carbocycles. The van der Waals surface area contributed by atoms with Crippen molar-refractivity contribution in [2.24, 2.45) is 4.99 Å². The van der Waals surface area contributed by atoms with Crippen molar-refractivity contribution in [3.63, 3.8) is 0 Å². The Bertz CT molecular complexity index is 823. The quantitative estimate of drug-likeness (QED) is 0.342. The zero-order valence-corrected chi connectivity index (χ0v) is 19.9. The van der Waals surface area contributed by atoms with Crippen molar-refractivity contribution in [2.75, 3.05) is 44.7 Å². The average molecular weight is 523 g/mol. The second kappa shape index (κ2) is 12.3. The molecule has 2 N–H and O–H groups in total. The van der Waals surface area contributed by atoms with Gasteiger partial charge in [0.15, 0.2) is 5.96 Å². The van der Waals surface area contributed by atoms with E-state index in [1.165, 1.54) is 11.1 Å². The summed E-state index contributed by atoms with van der Waals surface area (Å²) in [4.78, 5) is 29.3. The molecule has 162 valence electrons. The van der Waals surface area contributed by atoms with Gasteiger partial charge in [-0.3, -0.25) is 9.79 Å². The third kappa shape index (κ3) is 6.82. The predicted octanol–water partition coefficient (Wildman–Crippen LogP) is 1.81. The van der Waals surface area contributed by atoms with Crippen molar-refractivity contribution >= 4 is 41.8 Å². The Labute approximate surface area is 195 Å². The van der Waals surface area contributed by atoms with E-state index in [-0.39, 0.29) is 29.9 Å². The van der Waals surface area contributed by atoms with Crippen LogP contribution in [0.5, 0.6) is 0 Å². The SMILES string of the molecule is CN=C(NCCC(=O)N1CCN(c2ncccn2)CC1)NCc1ccccc1C.I. The number of rotatable bonds is 6. The van der Waals surface area contributed by atoms with Gasteiger partial charge >= 0.3 is 0 Å². The largest absolute Gasteiger partial charge is 0.356 e. The van der Waals surface area contributed by atoms with Gasteiger partial charge in [-0.15, -0.1) is 24.0 Å². The number of carbonyl (C=O) groups is 1. The minimum absolute atomic E-state index is 0. The van der Waals surface area contributed by atoms with Crippen molar-refractivity contribution < 1.29 is 4.79 Å². The molecule has 0 aliphatic carbocycles. The highest BCUT2D eigenvalue weighted by Gasteiger charge is 2.22. The second-order valence-corrected chi connectivity index (χ2v) is 6.95. The summed E-state index contributed by atoms with van der Waals surface area (Å²) in [6.07, 6.45) is 3.92. The summed E-state index contributed by atoms with van der Waals surface area (Å²) in [6.45, 7) is 6.23. The monoisotopic (exact) mass is 523 g/mol. The van der Waals surface area contributed by atoms with Crippen LogP contribution in [0, 0.1) is 6.92 Å². The van der Waals surface area contributed by atoms with Crippen LogP contribution in [-0.4, -0.2) is 66.5 Å². The molecule has 1 fully saturated rings. The van der Waals surface area contributed by atoms with Crippen LogP contribution in [0.25, 0.3) is 0 Å². The lowest BCUT2D eigenvalue weighted by atomic mass is 10.1. The van der Waals surface area contributed by atoms with Gasteiger partial charge in [0.2, 0.25) is 11.9 Å². The van der Waals surface area contributed by atoms with Crippen molar-refractivity contribution in [2.45, 2.75) is 19.9 Å². The normalized spacial score (nSPS) is 14.1. The molecule has 8 nitrogen and oxygen atoms in total. The van der Waals surface area contributed by atoms with Crippen LogP contribution in [0.15, 0.2) is 47.7 Å². The van der Waals surface area contributed by atoms with E-state index in [0.717, 1.165) is 19.0 Å². The molecule has 9 heteroatoms. The first-order chi connectivity index (χ1) is 14.2. The van der Waals surface area contributed by atoms with Gasteiger partial charge in [-0.25, -0.2) is 9.97 Å². The molecular formula is C21H30IN7O. The van der Waals surface area contributed by atoms with Gasteiger partial charge in [-0.1, -0.05) is 24.3 Å². The van der Waals surface area contributed by atoms with Crippen molar-refractivity contribution in [3.8, 4) is 0 Å². The molecule has 2 aromatic rings. The Morgan fingerprint density at radius 3 is 2.43 bits per heavy atom. The van der Waals surface area contributed by atoms with Crippen LogP contribution in [-0.2, 0) is 11.3 Å². The van der Waals surface area contributed by atoms with Gasteiger partial charge < -0.3 is 20.4 Å². The minimum Gasteiger partial charge on any atom is -0.356 e. The van der Waals surface area contributed by atoms with Gasteiger partial charge in [-0.05, 0) is 24.1 Å². The summed E-state index contributed by atoms with van der Waals surface area (Å²) in [5.74, 6) is 1.58. The number of nitrogens with zero attached hydrogens (tertiary/aromatic N) is 5. The highest BCUT2D eigenvalue weighted by atomic mass is 127. The number of hydrogen-bond acceptors (Lipinski definition) is 5. The maximum atomic E-state index is 12.5. The standard InChI is InChI=1S/C21H29N7O.HI/c1-17-6-3-4-7-18(17)16-26-20(22-2)23-11-8-19(29)27-12-14-28(15-13-27)21-24-9-5-10-25-21;/h3-7,9-10H,8,11-16H2,1-2H3,(H2,22,23,26);1H. The van der Waals surface area contributed by atoms with Crippen LogP contribution in [0.4, 0.5) is 5.95 Å². The average Bonchev–Trinajstić information content (AvgIpc) is 2.77. The molecule has 1 aliphatic heterocycles. The predicted molar refractivity (Wildman–Crippen MR) is 130 cm³/mol. The topological polar surface area (TPSA) is 85.8 Å². The van der Waals surface area contributed by atoms with Crippen molar-refractivity contribution in [1.29, 1.82) is 0 Å². The van der Waals surface area contributed by atoms with Gasteiger partial charge in [0.1, 0.15) is 0 Å². The second-order valence-electron chi connectivity index (χ2n) is 6.95. The smallest absolute Gasteiger partial charge is 0.225 e. The molecule has 1 amide bonds. The Kier molecular flexibility index (Phi) is 9.78. The summed E-state index contributed by atoms with van der Waals surface area (Å²) < 4.78 is 0. The minimum atomic E-state index is 0. The molecule has 0 atom stereocenters. The van der Waals surface area contributed by atoms with E-state index in [0.29, 0.717) is 38.6 Å². The molecule has 0 radical (unpaired) electrons. The molecule has 2 heterocycles. The van der Waals surface area contributed by atoms with E-state index in [4.69, 9.17) is 0 Å². The fourth-order valence-electron chi connectivity index (χ4n) is 3.26. The fraction of sp³-hybridized carbons (Fsp3) is 0.429. The zero-order chi connectivity index (χ0) is 20.5. The van der Waals surface area contributed by atoms with E-state index < -0.39 is 0 Å². The summed E-state index contributed by atoms with van der Waals surface area (Å²) in [7, 11) is 1.74. The number of nitrogens with one attached hydrogen (secondary N) is 2. The molecular weight excluding hydrogens is 493 g/mol. The Balaban J connectivity index is 0.00000320. The van der Waals surface area contributed by atoms with Crippen molar-refractivity contribution in [3.05, 3.63) is 53.9 Å². The Morgan fingerprint density at radius 1 is 1.07 bits per heavy atom. The molecule has 0 unspecified atom stereocenters. The fourth-order valence-corrected chi connectivity index (χ4v) is 3.26. The van der Waals surface area contributed by atoms with E-state index in [2.05, 4.69) is 49.6 Å². The third-order valence-electron chi connectivity index (χ3n) is 5.03. The number of anilines is 1. The number of halogens is 1. The number of guanidine groups is 1. The number of hydrogen-bond donors (Lipinski definition) is 2. The van der Waals surface area contributed by atoms with Crippen LogP contribution < -0.4 is 15.5 Å². The van der Waals surface area contributed by atoms with E-state index in [9.17, 15) is 4.79 Å². The molecule has 0 spiro atoms. The number of aromatic nitrogens is 2. The first-order valence-electron chi connectivity index (χ1n) is 9.96. The maximum Gasteiger partial charge on any atom is 0.225 e. The first kappa shape index (κ1) is 23.8. The Hall–Kier alpha value is -2.43. The summed E-state index contributed by atoms with van der Waals surface area (Å²) in [5, 5.41) is 6.52. The number of aliphatic imine (C=N–C) groups is 1. The van der Waals surface area contributed by atoms with Gasteiger partial charge in [0.05, 0.1) is 0 Å². The van der Waals surface area contributed by atoms with E-state index in [1.807, 2.05) is 17.0 Å². The number of piperazine rings is 1. The summed E-state index contributed by atoms with van der Waals surface area (Å²) in [6, 6.07) is 10.1. The molecule has 1 aromatic heterocycles. The highest BCUT2D eigenvalue weighted by Crippen LogP contribution is 2.10. The van der Waals surface area contributed by atoms with Gasteiger partial charge in [0.25, 0.3) is 0 Å². The van der Waals surface area contributed by atoms with Crippen LogP contribution in [0.1, 0.15) is 17.5 Å². The lowest BCUT2D eigenvalue weighted by Gasteiger charge is -2.34. The molecule has 3 rings (SSSR count). The highest BCUT2D eigenvalue weighted by molar-refractivity contribution is 14.0. The first-order valence-corrected chi connectivity index (χ1v) is 9.96. The zero-order valence-electron chi connectivity index (χ0n) is 17.5. The molecule has 0 saturated carbocycles. The molecule has 1 saturated heterocycles. The number of carbonyl (C=O) groups excluding carboxylic acids is 1. The van der Waals surface area contributed by atoms with E-state index in [1.54, 1.807) is 25.5 Å². The van der Waals surface area contributed by atoms with Crippen LogP contribution in [0.3, 0.4) is 0 Å². The third-order valence-corrected chi connectivity index (χ3v) is 5.03. The number of amides is 1. The van der Waals surface area contributed by atoms with E-state index >= 15 is 0 Å². The van der Waals surface area contributed by atoms with Gasteiger partial charge in [-0.2, -0.15) is 0 Å². The molecule has 30 heavy (non-hydrogen) atoms. The molecule has 1 aliphatic rings. The maximum absolute atomic E-state index is 12.5. The lowest BCUT2D eigenvalue weighted by molar-refractivity contribution is -0.131. The lowest BCUT2D eigenvalue weighted by Crippen LogP contribution is -2.50. The number of aryl methyl sites for hydroxylation is 1. The number of benzene rings is 1. The Morgan fingerprint density at radius 2 is 1.77 bits per heavy atom. The van der Waals surface area contributed by atoms with Crippen molar-refractivity contribution in [1.82, 2.24) is 25.5 Å². The summed E-state index contributed by atoms with van der Waals surface area (Å²) in [5.41, 5.74) is 2.47. The molecule has 0 bridgehead atoms. The summed E-state index contributed by atoms with van der Waals surface area (Å²) >= 11 is 0. The van der Waals surface area contributed by atoms with Gasteiger partial charge in [0, 0.05) is 65.1 Å². The van der Waals surface area contributed by atoms with Crippen LogP contribution >= 0.6 is 24.0 Å².